The first-order chi connectivity index (χ1) is 13.4. The van der Waals surface area contributed by atoms with Gasteiger partial charge in [0.25, 0.3) is 0 Å². The number of aromatic nitrogens is 2. The number of alkyl halides is 3. The van der Waals surface area contributed by atoms with Crippen LogP contribution >= 0.6 is 0 Å². The van der Waals surface area contributed by atoms with E-state index in [9.17, 15) is 18.0 Å². The topological polar surface area (TPSA) is 67.8 Å². The SMILES string of the molecule is COc1nc(C(F)(F)F)ncc1N1CCC2(CCN(C(=O)OC(C)(C)C)CC2)C1. The molecule has 3 rings (SSSR count). The quantitative estimate of drug-likeness (QED) is 0.732. The first kappa shape index (κ1) is 21.4. The van der Waals surface area contributed by atoms with Gasteiger partial charge in [-0.3, -0.25) is 0 Å². The van der Waals surface area contributed by atoms with Crippen molar-refractivity contribution in [1.29, 1.82) is 0 Å². The molecule has 7 nitrogen and oxygen atoms in total. The molecule has 1 aromatic heterocycles. The van der Waals surface area contributed by atoms with Gasteiger partial charge in [-0.25, -0.2) is 9.78 Å². The van der Waals surface area contributed by atoms with Gasteiger partial charge in [-0.05, 0) is 45.4 Å². The van der Waals surface area contributed by atoms with Gasteiger partial charge in [0, 0.05) is 26.2 Å². The average Bonchev–Trinajstić information content (AvgIpc) is 3.03. The lowest BCUT2D eigenvalue weighted by Gasteiger charge is -2.39. The Labute approximate surface area is 168 Å². The van der Waals surface area contributed by atoms with Crippen LogP contribution in [0.2, 0.25) is 0 Å². The highest BCUT2D eigenvalue weighted by atomic mass is 19.4. The Bertz CT molecular complexity index is 756. The molecule has 0 bridgehead atoms. The lowest BCUT2D eigenvalue weighted by atomic mass is 9.78. The third-order valence-corrected chi connectivity index (χ3v) is 5.44. The number of halogens is 3. The van der Waals surface area contributed by atoms with Crippen molar-refractivity contribution in [3.05, 3.63) is 12.0 Å². The molecule has 1 spiro atoms. The maximum Gasteiger partial charge on any atom is 0.451 e. The van der Waals surface area contributed by atoms with Gasteiger partial charge in [-0.15, -0.1) is 0 Å². The standard InChI is InChI=1S/C19H27F3N4O3/c1-17(2,3)29-16(27)25-8-5-18(6-9-25)7-10-26(12-18)13-11-23-15(19(20,21)22)24-14(13)28-4/h11H,5-10,12H2,1-4H3. The Morgan fingerprint density at radius 3 is 2.31 bits per heavy atom. The molecule has 0 aliphatic carbocycles. The summed E-state index contributed by atoms with van der Waals surface area (Å²) in [4.78, 5) is 23.0. The number of piperidine rings is 1. The monoisotopic (exact) mass is 416 g/mol. The molecule has 1 aromatic rings. The third kappa shape index (κ3) is 4.84. The van der Waals surface area contributed by atoms with Gasteiger partial charge in [0.05, 0.1) is 13.3 Å². The van der Waals surface area contributed by atoms with E-state index in [1.54, 1.807) is 4.90 Å². The zero-order valence-corrected chi connectivity index (χ0v) is 17.2. The summed E-state index contributed by atoms with van der Waals surface area (Å²) in [6.07, 6.45) is -1.23. The van der Waals surface area contributed by atoms with Crippen LogP contribution in [0.3, 0.4) is 0 Å². The number of hydrogen-bond donors (Lipinski definition) is 0. The van der Waals surface area contributed by atoms with Crippen LogP contribution in [0.5, 0.6) is 5.88 Å². The minimum Gasteiger partial charge on any atom is -0.479 e. The van der Waals surface area contributed by atoms with Gasteiger partial charge < -0.3 is 19.3 Å². The molecule has 29 heavy (non-hydrogen) atoms. The number of methoxy groups -OCH3 is 1. The summed E-state index contributed by atoms with van der Waals surface area (Å²) in [6, 6.07) is 0. The van der Waals surface area contributed by atoms with E-state index in [0.717, 1.165) is 19.3 Å². The predicted molar refractivity (Wildman–Crippen MR) is 99.9 cm³/mol. The van der Waals surface area contributed by atoms with Crippen molar-refractivity contribution in [2.24, 2.45) is 5.41 Å². The van der Waals surface area contributed by atoms with E-state index in [0.29, 0.717) is 31.9 Å². The summed E-state index contributed by atoms with van der Waals surface area (Å²) in [7, 11) is 1.30. The Kier molecular flexibility index (Phi) is 5.57. The number of hydrogen-bond acceptors (Lipinski definition) is 6. The van der Waals surface area contributed by atoms with Crippen LogP contribution in [-0.2, 0) is 10.9 Å². The second-order valence-electron chi connectivity index (χ2n) is 8.72. The maximum atomic E-state index is 12.9. The molecule has 2 saturated heterocycles. The van der Waals surface area contributed by atoms with Crippen molar-refractivity contribution in [2.75, 3.05) is 38.2 Å². The summed E-state index contributed by atoms with van der Waals surface area (Å²) < 4.78 is 49.1. The zero-order valence-electron chi connectivity index (χ0n) is 17.2. The Morgan fingerprint density at radius 1 is 1.14 bits per heavy atom. The van der Waals surface area contributed by atoms with Crippen LogP contribution in [0, 0.1) is 5.41 Å². The van der Waals surface area contributed by atoms with Gasteiger partial charge in [0.2, 0.25) is 11.7 Å². The van der Waals surface area contributed by atoms with Gasteiger partial charge in [0.15, 0.2) is 0 Å². The molecule has 3 heterocycles. The lowest BCUT2D eigenvalue weighted by Crippen LogP contribution is -2.46. The van der Waals surface area contributed by atoms with Crippen LogP contribution in [0.15, 0.2) is 6.20 Å². The fourth-order valence-electron chi connectivity index (χ4n) is 3.90. The van der Waals surface area contributed by atoms with Crippen LogP contribution in [0.1, 0.15) is 45.9 Å². The zero-order chi connectivity index (χ0) is 21.4. The molecule has 1 amide bonds. The maximum absolute atomic E-state index is 12.9. The molecule has 10 heteroatoms. The van der Waals surface area contributed by atoms with Crippen molar-refractivity contribution >= 4 is 11.8 Å². The highest BCUT2D eigenvalue weighted by Gasteiger charge is 2.43. The Hall–Kier alpha value is -2.26. The fourth-order valence-corrected chi connectivity index (χ4v) is 3.90. The van der Waals surface area contributed by atoms with Crippen molar-refractivity contribution in [3.63, 3.8) is 0 Å². The van der Waals surface area contributed by atoms with Gasteiger partial charge >= 0.3 is 12.3 Å². The minimum absolute atomic E-state index is 0.00617. The number of rotatable bonds is 2. The summed E-state index contributed by atoms with van der Waals surface area (Å²) in [5.41, 5.74) is -0.0613. The second kappa shape index (κ2) is 7.53. The third-order valence-electron chi connectivity index (χ3n) is 5.44. The van der Waals surface area contributed by atoms with E-state index in [4.69, 9.17) is 9.47 Å². The molecule has 0 unspecified atom stereocenters. The van der Waals surface area contributed by atoms with Crippen LogP contribution in [0.4, 0.5) is 23.7 Å². The fraction of sp³-hybridized carbons (Fsp3) is 0.737. The predicted octanol–water partition coefficient (Wildman–Crippen LogP) is 3.73. The molecule has 162 valence electrons. The number of ether oxygens (including phenoxy) is 2. The second-order valence-corrected chi connectivity index (χ2v) is 8.72. The highest BCUT2D eigenvalue weighted by molar-refractivity contribution is 5.68. The molecule has 0 radical (unpaired) electrons. The first-order valence-corrected chi connectivity index (χ1v) is 9.64. The number of anilines is 1. The van der Waals surface area contributed by atoms with E-state index in [1.165, 1.54) is 13.3 Å². The van der Waals surface area contributed by atoms with E-state index in [1.807, 2.05) is 25.7 Å². The Morgan fingerprint density at radius 2 is 1.76 bits per heavy atom. The average molecular weight is 416 g/mol. The molecule has 0 atom stereocenters. The summed E-state index contributed by atoms with van der Waals surface area (Å²) in [5.74, 6) is -1.28. The number of nitrogens with zero attached hydrogens (tertiary/aromatic N) is 4. The van der Waals surface area contributed by atoms with Gasteiger partial charge in [0.1, 0.15) is 11.3 Å². The largest absolute Gasteiger partial charge is 0.479 e. The molecule has 2 fully saturated rings. The summed E-state index contributed by atoms with van der Waals surface area (Å²) in [6.45, 7) is 8.06. The Balaban J connectivity index is 1.66. The lowest BCUT2D eigenvalue weighted by molar-refractivity contribution is -0.145. The van der Waals surface area contributed by atoms with E-state index < -0.39 is 17.6 Å². The smallest absolute Gasteiger partial charge is 0.451 e. The highest BCUT2D eigenvalue weighted by Crippen LogP contribution is 2.44. The molecular formula is C19H27F3N4O3. The number of amides is 1. The van der Waals surface area contributed by atoms with E-state index >= 15 is 0 Å². The normalized spacial score (nSPS) is 19.6. The minimum atomic E-state index is -4.62. The molecule has 2 aliphatic heterocycles. The molecule has 0 aromatic carbocycles. The van der Waals surface area contributed by atoms with Crippen molar-refractivity contribution in [2.45, 2.75) is 51.8 Å². The van der Waals surface area contributed by atoms with Crippen LogP contribution < -0.4 is 9.64 Å². The number of carbonyl (C=O) groups excluding carboxylic acids is 1. The summed E-state index contributed by atoms with van der Waals surface area (Å²) >= 11 is 0. The first-order valence-electron chi connectivity index (χ1n) is 9.64. The molecule has 2 aliphatic rings. The summed E-state index contributed by atoms with van der Waals surface area (Å²) in [5, 5.41) is 0. The van der Waals surface area contributed by atoms with E-state index in [-0.39, 0.29) is 17.4 Å². The number of carbonyl (C=O) groups is 1. The van der Waals surface area contributed by atoms with Gasteiger partial charge in [-0.2, -0.15) is 18.2 Å². The van der Waals surface area contributed by atoms with Crippen molar-refractivity contribution in [3.8, 4) is 5.88 Å². The van der Waals surface area contributed by atoms with Crippen molar-refractivity contribution < 1.29 is 27.4 Å². The molecular weight excluding hydrogens is 389 g/mol. The number of likely N-dealkylation sites (tertiary alicyclic amines) is 1. The van der Waals surface area contributed by atoms with Crippen LogP contribution in [0.25, 0.3) is 0 Å². The van der Waals surface area contributed by atoms with Crippen molar-refractivity contribution in [1.82, 2.24) is 14.9 Å². The van der Waals surface area contributed by atoms with E-state index in [2.05, 4.69) is 9.97 Å². The van der Waals surface area contributed by atoms with Gasteiger partial charge in [-0.1, -0.05) is 0 Å². The molecule has 0 N–H and O–H groups in total. The van der Waals surface area contributed by atoms with Crippen LogP contribution in [-0.4, -0.2) is 59.9 Å². The molecule has 0 saturated carbocycles.